The van der Waals surface area contributed by atoms with Gasteiger partial charge in [0, 0.05) is 0 Å². The minimum absolute atomic E-state index is 0.183. The lowest BCUT2D eigenvalue weighted by Crippen LogP contribution is -2.32. The van der Waals surface area contributed by atoms with E-state index in [-0.39, 0.29) is 6.10 Å². The van der Waals surface area contributed by atoms with E-state index in [0.29, 0.717) is 0 Å². The summed E-state index contributed by atoms with van der Waals surface area (Å²) in [4.78, 5) is 22.7. The number of ether oxygens (including phenoxy) is 2. The Morgan fingerprint density at radius 2 is 1.63 bits per heavy atom. The van der Waals surface area contributed by atoms with Gasteiger partial charge in [-0.1, -0.05) is 26.2 Å². The van der Waals surface area contributed by atoms with E-state index in [1.54, 1.807) is 0 Å². The lowest BCUT2D eigenvalue weighted by molar-refractivity contribution is -0.174. The van der Waals surface area contributed by atoms with Crippen LogP contribution in [-0.2, 0) is 19.1 Å². The summed E-state index contributed by atoms with van der Waals surface area (Å²) < 4.78 is 9.93. The Morgan fingerprint density at radius 1 is 1.00 bits per heavy atom. The molecule has 3 atom stereocenters. The van der Waals surface area contributed by atoms with Gasteiger partial charge in [-0.3, -0.25) is 0 Å². The molecule has 0 fully saturated rings. The van der Waals surface area contributed by atoms with Gasteiger partial charge in [0.2, 0.25) is 0 Å². The van der Waals surface area contributed by atoms with Gasteiger partial charge in [-0.25, -0.2) is 9.59 Å². The first-order chi connectivity index (χ1) is 8.88. The van der Waals surface area contributed by atoms with Crippen LogP contribution in [0.15, 0.2) is 0 Å². The van der Waals surface area contributed by atoms with Crippen molar-refractivity contribution in [1.29, 1.82) is 0 Å². The van der Waals surface area contributed by atoms with E-state index in [1.807, 2.05) is 6.92 Å². The zero-order valence-corrected chi connectivity index (χ0v) is 12.3. The van der Waals surface area contributed by atoms with Crippen LogP contribution in [0.3, 0.4) is 0 Å². The summed E-state index contributed by atoms with van der Waals surface area (Å²) in [7, 11) is 0. The molecule has 0 aliphatic carbocycles. The smallest absolute Gasteiger partial charge is 0.347 e. The highest BCUT2D eigenvalue weighted by Crippen LogP contribution is 2.09. The van der Waals surface area contributed by atoms with Gasteiger partial charge in [0.05, 0.1) is 6.10 Å². The first kappa shape index (κ1) is 17.9. The predicted molar refractivity (Wildman–Crippen MR) is 71.5 cm³/mol. The van der Waals surface area contributed by atoms with Crippen LogP contribution in [0.2, 0.25) is 0 Å². The standard InChI is InChI=1S/C14H26O5/c1-5-6-7-8-9-10(2)18-14(17)12(4)19-13(16)11(3)15/h10-12,15H,5-9H2,1-4H3/t10-,11-,12+/m1/s1. The molecule has 1 N–H and O–H groups in total. The summed E-state index contributed by atoms with van der Waals surface area (Å²) in [6, 6.07) is 0. The number of aliphatic hydroxyl groups excluding tert-OH is 1. The Kier molecular flexibility index (Phi) is 9.21. The van der Waals surface area contributed by atoms with E-state index >= 15 is 0 Å². The molecule has 19 heavy (non-hydrogen) atoms. The Balaban J connectivity index is 3.91. The monoisotopic (exact) mass is 274 g/mol. The topological polar surface area (TPSA) is 72.8 Å². The molecule has 0 aromatic rings. The van der Waals surface area contributed by atoms with Gasteiger partial charge in [-0.05, 0) is 33.6 Å². The van der Waals surface area contributed by atoms with Crippen molar-refractivity contribution in [2.24, 2.45) is 0 Å². The van der Waals surface area contributed by atoms with Crippen LogP contribution < -0.4 is 0 Å². The molecule has 5 nitrogen and oxygen atoms in total. The lowest BCUT2D eigenvalue weighted by atomic mass is 10.1. The van der Waals surface area contributed by atoms with Crippen LogP contribution in [0.5, 0.6) is 0 Å². The molecule has 0 heterocycles. The first-order valence-corrected chi connectivity index (χ1v) is 6.97. The number of esters is 2. The number of rotatable bonds is 9. The second-order valence-electron chi connectivity index (χ2n) is 4.85. The second kappa shape index (κ2) is 9.78. The fourth-order valence-electron chi connectivity index (χ4n) is 1.53. The molecule has 0 aromatic heterocycles. The Hall–Kier alpha value is -1.10. The fourth-order valence-corrected chi connectivity index (χ4v) is 1.53. The molecule has 0 spiro atoms. The summed E-state index contributed by atoms with van der Waals surface area (Å²) in [5.74, 6) is -1.39. The van der Waals surface area contributed by atoms with E-state index in [9.17, 15) is 9.59 Å². The second-order valence-corrected chi connectivity index (χ2v) is 4.85. The maximum atomic E-state index is 11.6. The molecule has 0 aliphatic heterocycles. The van der Waals surface area contributed by atoms with E-state index in [1.165, 1.54) is 26.7 Å². The van der Waals surface area contributed by atoms with Gasteiger partial charge in [-0.15, -0.1) is 0 Å². The summed E-state index contributed by atoms with van der Waals surface area (Å²) in [6.45, 7) is 6.69. The first-order valence-electron chi connectivity index (χ1n) is 6.97. The number of carbonyl (C=O) groups is 2. The quantitative estimate of drug-likeness (QED) is 0.515. The Bertz CT molecular complexity index is 275. The predicted octanol–water partition coefficient (Wildman–Crippen LogP) is 2.20. The van der Waals surface area contributed by atoms with Crippen molar-refractivity contribution in [3.63, 3.8) is 0 Å². The molecular formula is C14H26O5. The molecule has 0 bridgehead atoms. The molecule has 0 radical (unpaired) electrons. The van der Waals surface area contributed by atoms with Crippen molar-refractivity contribution in [3.05, 3.63) is 0 Å². The van der Waals surface area contributed by atoms with Crippen LogP contribution in [-0.4, -0.2) is 35.4 Å². The van der Waals surface area contributed by atoms with Crippen molar-refractivity contribution >= 4 is 11.9 Å². The zero-order chi connectivity index (χ0) is 14.8. The maximum absolute atomic E-state index is 11.6. The number of hydrogen-bond acceptors (Lipinski definition) is 5. The summed E-state index contributed by atoms with van der Waals surface area (Å²) in [5, 5.41) is 8.97. The average Bonchev–Trinajstić information content (AvgIpc) is 2.34. The largest absolute Gasteiger partial charge is 0.460 e. The molecule has 0 saturated heterocycles. The van der Waals surface area contributed by atoms with E-state index in [4.69, 9.17) is 14.6 Å². The van der Waals surface area contributed by atoms with Crippen LogP contribution in [0.4, 0.5) is 0 Å². The SMILES string of the molecule is CCCCCC[C@@H](C)OC(=O)[C@H](C)OC(=O)[C@@H](C)O. The third-order valence-electron chi connectivity index (χ3n) is 2.75. The van der Waals surface area contributed by atoms with Crippen molar-refractivity contribution in [2.45, 2.75) is 78.1 Å². The molecule has 0 unspecified atom stereocenters. The zero-order valence-electron chi connectivity index (χ0n) is 12.3. The van der Waals surface area contributed by atoms with Crippen molar-refractivity contribution in [2.75, 3.05) is 0 Å². The lowest BCUT2D eigenvalue weighted by Gasteiger charge is -2.17. The fraction of sp³-hybridized carbons (Fsp3) is 0.857. The van der Waals surface area contributed by atoms with Crippen LogP contribution in [0.1, 0.15) is 59.8 Å². The molecule has 5 heteroatoms. The van der Waals surface area contributed by atoms with Gasteiger partial charge < -0.3 is 14.6 Å². The van der Waals surface area contributed by atoms with E-state index in [0.717, 1.165) is 19.3 Å². The summed E-state index contributed by atoms with van der Waals surface area (Å²) in [5.41, 5.74) is 0. The number of carbonyl (C=O) groups excluding carboxylic acids is 2. The Morgan fingerprint density at radius 3 is 2.16 bits per heavy atom. The van der Waals surface area contributed by atoms with Crippen LogP contribution in [0.25, 0.3) is 0 Å². The molecule has 0 rings (SSSR count). The minimum atomic E-state index is -1.23. The number of aliphatic hydroxyl groups is 1. The van der Waals surface area contributed by atoms with Gasteiger partial charge in [0.1, 0.15) is 6.10 Å². The molecule has 0 aliphatic rings. The van der Waals surface area contributed by atoms with Crippen molar-refractivity contribution in [1.82, 2.24) is 0 Å². The maximum Gasteiger partial charge on any atom is 0.347 e. The molecule has 0 amide bonds. The highest BCUT2D eigenvalue weighted by molar-refractivity contribution is 5.80. The molecule has 0 saturated carbocycles. The van der Waals surface area contributed by atoms with Gasteiger partial charge in [-0.2, -0.15) is 0 Å². The Labute approximate surface area is 115 Å². The van der Waals surface area contributed by atoms with E-state index in [2.05, 4.69) is 6.92 Å². The summed E-state index contributed by atoms with van der Waals surface area (Å²) in [6.07, 6.45) is 2.90. The van der Waals surface area contributed by atoms with Gasteiger partial charge in [0.15, 0.2) is 6.10 Å². The highest BCUT2D eigenvalue weighted by Gasteiger charge is 2.23. The highest BCUT2D eigenvalue weighted by atomic mass is 16.6. The third-order valence-corrected chi connectivity index (χ3v) is 2.75. The van der Waals surface area contributed by atoms with Crippen molar-refractivity contribution < 1.29 is 24.2 Å². The molecular weight excluding hydrogens is 248 g/mol. The normalized spacial score (nSPS) is 15.4. The summed E-state index contributed by atoms with van der Waals surface area (Å²) >= 11 is 0. The third kappa shape index (κ3) is 8.59. The average molecular weight is 274 g/mol. The van der Waals surface area contributed by atoms with Crippen LogP contribution in [0, 0.1) is 0 Å². The van der Waals surface area contributed by atoms with Gasteiger partial charge >= 0.3 is 11.9 Å². The minimum Gasteiger partial charge on any atom is -0.460 e. The van der Waals surface area contributed by atoms with Gasteiger partial charge in [0.25, 0.3) is 0 Å². The molecule has 0 aromatic carbocycles. The number of hydrogen-bond donors (Lipinski definition) is 1. The molecule has 112 valence electrons. The van der Waals surface area contributed by atoms with Crippen molar-refractivity contribution in [3.8, 4) is 0 Å². The van der Waals surface area contributed by atoms with Crippen LogP contribution >= 0.6 is 0 Å². The van der Waals surface area contributed by atoms with E-state index < -0.39 is 24.1 Å². The number of unbranched alkanes of at least 4 members (excludes halogenated alkanes) is 3.